The van der Waals surface area contributed by atoms with Gasteiger partial charge in [0, 0.05) is 17.2 Å². The van der Waals surface area contributed by atoms with Crippen molar-refractivity contribution in [3.63, 3.8) is 0 Å². The molecule has 7 heteroatoms. The van der Waals surface area contributed by atoms with Gasteiger partial charge in [-0.2, -0.15) is 10.4 Å². The summed E-state index contributed by atoms with van der Waals surface area (Å²) in [5.74, 6) is 0.448. The minimum atomic E-state index is -1.03. The number of hydrogen-bond donors (Lipinski definition) is 1. The van der Waals surface area contributed by atoms with Gasteiger partial charge in [0.05, 0.1) is 17.3 Å². The smallest absolute Gasteiger partial charge is 0.181 e. The topological polar surface area (TPSA) is 89.6 Å². The fraction of sp³-hybridized carbons (Fsp3) is 0.118. The van der Waals surface area contributed by atoms with Crippen LogP contribution in [-0.2, 0) is 11.2 Å². The molecule has 24 heavy (non-hydrogen) atoms. The minimum absolute atomic E-state index is 0.192. The van der Waals surface area contributed by atoms with Gasteiger partial charge in [0.2, 0.25) is 0 Å². The van der Waals surface area contributed by atoms with Crippen LogP contribution in [0.15, 0.2) is 60.0 Å². The molecule has 0 saturated carbocycles. The predicted octanol–water partition coefficient (Wildman–Crippen LogP) is 2.28. The van der Waals surface area contributed by atoms with Crippen LogP contribution in [-0.4, -0.2) is 25.2 Å². The summed E-state index contributed by atoms with van der Waals surface area (Å²) in [5, 5.41) is 16.4. The lowest BCUT2D eigenvalue weighted by Crippen LogP contribution is -2.13. The summed E-state index contributed by atoms with van der Waals surface area (Å²) in [5.41, 5.74) is 3.47. The first kappa shape index (κ1) is 14.8. The molecule has 1 aromatic heterocycles. The van der Waals surface area contributed by atoms with E-state index in [2.05, 4.69) is 21.5 Å². The van der Waals surface area contributed by atoms with Crippen molar-refractivity contribution in [1.29, 1.82) is 5.26 Å². The standard InChI is InChI=1S/C17H13N5OS/c18-8-12-1-3-13(4-2-12)17(22-10-19-9-21-22)14-5-6-15-16(7-14)24(23)11-20-15/h1-7,9-10,17,20H,11H2. The molecule has 2 aromatic carbocycles. The zero-order valence-corrected chi connectivity index (χ0v) is 13.4. The van der Waals surface area contributed by atoms with Crippen LogP contribution in [0, 0.1) is 11.3 Å². The van der Waals surface area contributed by atoms with E-state index in [4.69, 9.17) is 5.26 Å². The van der Waals surface area contributed by atoms with Crippen LogP contribution < -0.4 is 5.32 Å². The maximum absolute atomic E-state index is 12.1. The zero-order chi connectivity index (χ0) is 16.5. The lowest BCUT2D eigenvalue weighted by Gasteiger charge is -2.18. The van der Waals surface area contributed by atoms with Crippen molar-refractivity contribution in [3.8, 4) is 6.07 Å². The third-order valence-electron chi connectivity index (χ3n) is 4.02. The van der Waals surface area contributed by atoms with Crippen molar-refractivity contribution in [1.82, 2.24) is 14.8 Å². The average molecular weight is 335 g/mol. The van der Waals surface area contributed by atoms with E-state index >= 15 is 0 Å². The van der Waals surface area contributed by atoms with Gasteiger partial charge in [0.15, 0.2) is 10.8 Å². The Kier molecular flexibility index (Phi) is 3.69. The Bertz CT molecular complexity index is 902. The highest BCUT2D eigenvalue weighted by Gasteiger charge is 2.27. The Morgan fingerprint density at radius 3 is 2.71 bits per heavy atom. The number of fused-ring (bicyclic) bond motifs is 1. The van der Waals surface area contributed by atoms with Gasteiger partial charge in [-0.3, -0.25) is 0 Å². The lowest BCUT2D eigenvalue weighted by atomic mass is 9.97. The second-order valence-corrected chi connectivity index (χ2v) is 6.85. The third-order valence-corrected chi connectivity index (χ3v) is 5.25. The maximum atomic E-state index is 12.1. The molecular formula is C17H13N5OS. The average Bonchev–Trinajstić information content (AvgIpc) is 3.27. The van der Waals surface area contributed by atoms with Gasteiger partial charge < -0.3 is 9.87 Å². The molecule has 3 aromatic rings. The molecule has 1 N–H and O–H groups in total. The van der Waals surface area contributed by atoms with Crippen LogP contribution in [0.2, 0.25) is 0 Å². The molecule has 0 aliphatic carbocycles. The molecule has 0 radical (unpaired) electrons. The SMILES string of the molecule is N#Cc1ccc(C(c2ccc3c(c2)[S+]([O-])CN3)n2cncn2)cc1. The van der Waals surface area contributed by atoms with Gasteiger partial charge in [-0.1, -0.05) is 18.2 Å². The Hall–Kier alpha value is -2.82. The zero-order valence-electron chi connectivity index (χ0n) is 12.6. The van der Waals surface area contributed by atoms with Crippen molar-refractivity contribution < 1.29 is 4.55 Å². The van der Waals surface area contributed by atoms with Gasteiger partial charge >= 0.3 is 0 Å². The van der Waals surface area contributed by atoms with E-state index in [1.165, 1.54) is 6.33 Å². The molecule has 4 rings (SSSR count). The third kappa shape index (κ3) is 2.52. The second-order valence-electron chi connectivity index (χ2n) is 5.43. The summed E-state index contributed by atoms with van der Waals surface area (Å²) in [6, 6.07) is 15.2. The first-order chi connectivity index (χ1) is 11.8. The van der Waals surface area contributed by atoms with Crippen LogP contribution >= 0.6 is 0 Å². The van der Waals surface area contributed by atoms with Crippen molar-refractivity contribution in [3.05, 3.63) is 71.8 Å². The molecule has 0 saturated heterocycles. The van der Waals surface area contributed by atoms with E-state index in [9.17, 15) is 4.55 Å². The fourth-order valence-electron chi connectivity index (χ4n) is 2.85. The quantitative estimate of drug-likeness (QED) is 0.742. The van der Waals surface area contributed by atoms with Gasteiger partial charge in [-0.25, -0.2) is 9.67 Å². The summed E-state index contributed by atoms with van der Waals surface area (Å²) in [7, 11) is 0. The van der Waals surface area contributed by atoms with Crippen molar-refractivity contribution in [2.24, 2.45) is 0 Å². The monoisotopic (exact) mass is 335 g/mol. The van der Waals surface area contributed by atoms with E-state index in [-0.39, 0.29) is 6.04 Å². The van der Waals surface area contributed by atoms with Gasteiger partial charge in [0.25, 0.3) is 0 Å². The Labute approximate surface area is 141 Å². The molecule has 0 spiro atoms. The molecule has 0 amide bonds. The first-order valence-electron chi connectivity index (χ1n) is 7.36. The van der Waals surface area contributed by atoms with Crippen LogP contribution in [0.5, 0.6) is 0 Å². The van der Waals surface area contributed by atoms with Crippen LogP contribution in [0.4, 0.5) is 5.69 Å². The highest BCUT2D eigenvalue weighted by atomic mass is 32.2. The van der Waals surface area contributed by atoms with Crippen molar-refractivity contribution >= 4 is 16.9 Å². The summed E-state index contributed by atoms with van der Waals surface area (Å²) in [6.45, 7) is 0. The molecule has 2 unspecified atom stereocenters. The summed E-state index contributed by atoms with van der Waals surface area (Å²) in [6.07, 6.45) is 3.15. The highest BCUT2D eigenvalue weighted by molar-refractivity contribution is 7.92. The highest BCUT2D eigenvalue weighted by Crippen LogP contribution is 2.34. The van der Waals surface area contributed by atoms with Gasteiger partial charge in [-0.05, 0) is 29.3 Å². The summed E-state index contributed by atoms with van der Waals surface area (Å²) >= 11 is -1.03. The first-order valence-corrected chi connectivity index (χ1v) is 8.68. The van der Waals surface area contributed by atoms with Crippen LogP contribution in [0.3, 0.4) is 0 Å². The van der Waals surface area contributed by atoms with E-state index in [0.29, 0.717) is 11.4 Å². The van der Waals surface area contributed by atoms with E-state index < -0.39 is 11.2 Å². The molecule has 118 valence electrons. The predicted molar refractivity (Wildman–Crippen MR) is 89.8 cm³/mol. The molecule has 6 nitrogen and oxygen atoms in total. The van der Waals surface area contributed by atoms with Crippen LogP contribution in [0.1, 0.15) is 22.7 Å². The number of nitriles is 1. The van der Waals surface area contributed by atoms with Gasteiger partial charge in [0.1, 0.15) is 18.7 Å². The molecule has 0 fully saturated rings. The number of rotatable bonds is 3. The Morgan fingerprint density at radius 2 is 2.00 bits per heavy atom. The summed E-state index contributed by atoms with van der Waals surface area (Å²) < 4.78 is 13.9. The van der Waals surface area contributed by atoms with Crippen LogP contribution in [0.25, 0.3) is 0 Å². The molecular weight excluding hydrogens is 322 g/mol. The maximum Gasteiger partial charge on any atom is 0.181 e. The lowest BCUT2D eigenvalue weighted by molar-refractivity contribution is 0.589. The molecule has 1 aliphatic heterocycles. The molecule has 1 aliphatic rings. The Balaban J connectivity index is 1.82. The number of hydrogen-bond acceptors (Lipinski definition) is 5. The minimum Gasteiger partial charge on any atom is -0.610 e. The number of nitrogens with zero attached hydrogens (tertiary/aromatic N) is 4. The van der Waals surface area contributed by atoms with E-state index in [1.54, 1.807) is 23.1 Å². The second kappa shape index (κ2) is 6.00. The number of aromatic nitrogens is 3. The summed E-state index contributed by atoms with van der Waals surface area (Å²) in [4.78, 5) is 4.85. The normalized spacial score (nSPS) is 16.9. The number of benzene rings is 2. The van der Waals surface area contributed by atoms with Gasteiger partial charge in [-0.15, -0.1) is 0 Å². The number of nitrogens with one attached hydrogen (secondary N) is 1. The Morgan fingerprint density at radius 1 is 1.21 bits per heavy atom. The van der Waals surface area contributed by atoms with Crippen molar-refractivity contribution in [2.75, 3.05) is 11.2 Å². The van der Waals surface area contributed by atoms with Crippen molar-refractivity contribution in [2.45, 2.75) is 10.9 Å². The molecule has 2 atom stereocenters. The van der Waals surface area contributed by atoms with E-state index in [0.717, 1.165) is 21.7 Å². The largest absolute Gasteiger partial charge is 0.610 e. The van der Waals surface area contributed by atoms with E-state index in [1.807, 2.05) is 30.3 Å². The molecule has 2 heterocycles. The fourth-order valence-corrected chi connectivity index (χ4v) is 3.95. The molecule has 0 bridgehead atoms. The number of anilines is 1.